The molecular weight excluding hydrogens is 174 g/mol. The van der Waals surface area contributed by atoms with Crippen molar-refractivity contribution < 1.29 is 4.79 Å². The van der Waals surface area contributed by atoms with Gasteiger partial charge in [-0.25, -0.2) is 9.79 Å². The number of isocyanates is 1. The third-order valence-corrected chi connectivity index (χ3v) is 1.42. The summed E-state index contributed by atoms with van der Waals surface area (Å²) in [6, 6.07) is 9.94. The van der Waals surface area contributed by atoms with E-state index in [2.05, 4.69) is 4.99 Å². The van der Waals surface area contributed by atoms with Crippen molar-refractivity contribution in [2.75, 3.05) is 6.54 Å². The topological polar surface area (TPSA) is 29.4 Å². The molecule has 0 atom stereocenters. The molecule has 0 saturated heterocycles. The molecule has 12 heavy (non-hydrogen) atoms. The van der Waals surface area contributed by atoms with Gasteiger partial charge < -0.3 is 0 Å². The van der Waals surface area contributed by atoms with Crippen molar-refractivity contribution in [3.8, 4) is 0 Å². The molecule has 0 N–H and O–H groups in total. The Morgan fingerprint density at radius 2 is 1.92 bits per heavy atom. The summed E-state index contributed by atoms with van der Waals surface area (Å²) >= 11 is 0. The molecule has 0 amide bonds. The van der Waals surface area contributed by atoms with Crippen molar-refractivity contribution in [2.45, 2.75) is 6.42 Å². The van der Waals surface area contributed by atoms with Gasteiger partial charge in [-0.3, -0.25) is 0 Å². The SMILES string of the molecule is Cl.O=C=NCCc1ccccc1. The molecule has 0 aliphatic rings. The van der Waals surface area contributed by atoms with Crippen molar-refractivity contribution in [3.05, 3.63) is 35.9 Å². The predicted octanol–water partition coefficient (Wildman–Crippen LogP) is 1.99. The summed E-state index contributed by atoms with van der Waals surface area (Å²) in [7, 11) is 0. The second-order valence-electron chi connectivity index (χ2n) is 2.21. The van der Waals surface area contributed by atoms with Crippen LogP contribution in [-0.4, -0.2) is 12.6 Å². The van der Waals surface area contributed by atoms with Crippen LogP contribution in [0, 0.1) is 0 Å². The highest BCUT2D eigenvalue weighted by Gasteiger charge is 1.87. The van der Waals surface area contributed by atoms with Crippen LogP contribution in [0.4, 0.5) is 0 Å². The largest absolute Gasteiger partial charge is 0.234 e. The van der Waals surface area contributed by atoms with Crippen LogP contribution in [0.2, 0.25) is 0 Å². The van der Waals surface area contributed by atoms with Gasteiger partial charge in [-0.05, 0) is 12.0 Å². The molecule has 1 aromatic rings. The van der Waals surface area contributed by atoms with Gasteiger partial charge in [0.1, 0.15) is 0 Å². The van der Waals surface area contributed by atoms with Gasteiger partial charge in [0.2, 0.25) is 6.08 Å². The van der Waals surface area contributed by atoms with Gasteiger partial charge in [0.05, 0.1) is 6.54 Å². The molecule has 2 nitrogen and oxygen atoms in total. The summed E-state index contributed by atoms with van der Waals surface area (Å²) in [5.74, 6) is 0. The van der Waals surface area contributed by atoms with E-state index in [1.165, 1.54) is 11.6 Å². The predicted molar refractivity (Wildman–Crippen MR) is 50.4 cm³/mol. The first-order valence-corrected chi connectivity index (χ1v) is 3.51. The van der Waals surface area contributed by atoms with Crippen LogP contribution in [0.1, 0.15) is 5.56 Å². The first-order valence-electron chi connectivity index (χ1n) is 3.51. The number of benzene rings is 1. The van der Waals surface area contributed by atoms with E-state index >= 15 is 0 Å². The number of rotatable bonds is 3. The molecule has 0 spiro atoms. The first-order chi connectivity index (χ1) is 5.43. The third kappa shape index (κ3) is 3.91. The van der Waals surface area contributed by atoms with E-state index in [1.807, 2.05) is 30.3 Å². The lowest BCUT2D eigenvalue weighted by Crippen LogP contribution is -1.87. The van der Waals surface area contributed by atoms with E-state index in [4.69, 9.17) is 0 Å². The van der Waals surface area contributed by atoms with Crippen molar-refractivity contribution in [1.82, 2.24) is 0 Å². The van der Waals surface area contributed by atoms with Crippen LogP contribution in [0.3, 0.4) is 0 Å². The number of nitrogens with zero attached hydrogens (tertiary/aromatic N) is 1. The summed E-state index contributed by atoms with van der Waals surface area (Å²) in [4.78, 5) is 13.2. The van der Waals surface area contributed by atoms with Gasteiger partial charge in [0.25, 0.3) is 0 Å². The van der Waals surface area contributed by atoms with E-state index in [0.29, 0.717) is 6.54 Å². The Bertz CT molecular complexity index is 254. The van der Waals surface area contributed by atoms with Gasteiger partial charge in [0, 0.05) is 0 Å². The zero-order valence-electron chi connectivity index (χ0n) is 6.56. The Morgan fingerprint density at radius 1 is 1.25 bits per heavy atom. The Hall–Kier alpha value is -1.11. The van der Waals surface area contributed by atoms with Gasteiger partial charge in [-0.15, -0.1) is 12.4 Å². The Balaban J connectivity index is 0.00000121. The van der Waals surface area contributed by atoms with E-state index in [1.54, 1.807) is 0 Å². The van der Waals surface area contributed by atoms with Crippen molar-refractivity contribution in [1.29, 1.82) is 0 Å². The molecule has 0 bridgehead atoms. The fourth-order valence-electron chi connectivity index (χ4n) is 0.875. The monoisotopic (exact) mass is 183 g/mol. The second-order valence-corrected chi connectivity index (χ2v) is 2.21. The maximum atomic E-state index is 9.70. The van der Waals surface area contributed by atoms with Crippen LogP contribution in [0.15, 0.2) is 35.3 Å². The van der Waals surface area contributed by atoms with Crippen molar-refractivity contribution in [2.24, 2.45) is 4.99 Å². The van der Waals surface area contributed by atoms with Crippen LogP contribution in [-0.2, 0) is 11.2 Å². The summed E-state index contributed by atoms with van der Waals surface area (Å²) in [5, 5.41) is 0. The molecule has 1 aromatic carbocycles. The van der Waals surface area contributed by atoms with Gasteiger partial charge in [-0.2, -0.15) is 0 Å². The van der Waals surface area contributed by atoms with Gasteiger partial charge >= 0.3 is 0 Å². The standard InChI is InChI=1S/C9H9NO.ClH/c11-8-10-7-6-9-4-2-1-3-5-9;/h1-5H,6-7H2;1H. The zero-order chi connectivity index (χ0) is 7.94. The summed E-state index contributed by atoms with van der Waals surface area (Å²) in [5.41, 5.74) is 1.20. The van der Waals surface area contributed by atoms with E-state index < -0.39 is 0 Å². The van der Waals surface area contributed by atoms with Crippen LogP contribution >= 0.6 is 12.4 Å². The number of hydrogen-bond acceptors (Lipinski definition) is 2. The molecule has 0 aromatic heterocycles. The smallest absolute Gasteiger partial charge is 0.211 e. The molecule has 1 rings (SSSR count). The quantitative estimate of drug-likeness (QED) is 0.521. The fourth-order valence-corrected chi connectivity index (χ4v) is 0.875. The average Bonchev–Trinajstić information content (AvgIpc) is 2.07. The van der Waals surface area contributed by atoms with Gasteiger partial charge in [-0.1, -0.05) is 30.3 Å². The molecular formula is C9H10ClNO. The van der Waals surface area contributed by atoms with Crippen LogP contribution < -0.4 is 0 Å². The lowest BCUT2D eigenvalue weighted by atomic mass is 10.2. The molecule has 0 heterocycles. The minimum absolute atomic E-state index is 0. The fraction of sp³-hybridized carbons (Fsp3) is 0.222. The van der Waals surface area contributed by atoms with E-state index in [0.717, 1.165) is 6.42 Å². The Morgan fingerprint density at radius 3 is 2.50 bits per heavy atom. The van der Waals surface area contributed by atoms with Crippen molar-refractivity contribution in [3.63, 3.8) is 0 Å². The molecule has 64 valence electrons. The summed E-state index contributed by atoms with van der Waals surface area (Å²) in [6.07, 6.45) is 2.33. The third-order valence-electron chi connectivity index (χ3n) is 1.42. The molecule has 0 radical (unpaired) electrons. The molecule has 0 saturated carbocycles. The maximum Gasteiger partial charge on any atom is 0.234 e. The van der Waals surface area contributed by atoms with Gasteiger partial charge in [0.15, 0.2) is 0 Å². The lowest BCUT2D eigenvalue weighted by molar-refractivity contribution is 0.563. The highest BCUT2D eigenvalue weighted by atomic mass is 35.5. The highest BCUT2D eigenvalue weighted by Crippen LogP contribution is 1.98. The van der Waals surface area contributed by atoms with Crippen LogP contribution in [0.25, 0.3) is 0 Å². The Kier molecular flexibility index (Phi) is 5.98. The summed E-state index contributed by atoms with van der Waals surface area (Å²) in [6.45, 7) is 0.535. The number of aliphatic imine (C=N–C) groups is 1. The molecule has 0 fully saturated rings. The Labute approximate surface area is 77.7 Å². The van der Waals surface area contributed by atoms with Crippen molar-refractivity contribution >= 4 is 18.5 Å². The summed E-state index contributed by atoms with van der Waals surface area (Å²) < 4.78 is 0. The van der Waals surface area contributed by atoms with Crippen LogP contribution in [0.5, 0.6) is 0 Å². The normalized spacial score (nSPS) is 8.00. The molecule has 0 aliphatic heterocycles. The molecule has 3 heteroatoms. The average molecular weight is 184 g/mol. The zero-order valence-corrected chi connectivity index (χ0v) is 7.38. The number of halogens is 1. The lowest BCUT2D eigenvalue weighted by Gasteiger charge is -1.93. The second kappa shape index (κ2) is 6.59. The maximum absolute atomic E-state index is 9.70. The number of carbonyl (C=O) groups excluding carboxylic acids is 1. The van der Waals surface area contributed by atoms with E-state index in [9.17, 15) is 4.79 Å². The molecule has 0 aliphatic carbocycles. The molecule has 0 unspecified atom stereocenters. The van der Waals surface area contributed by atoms with E-state index in [-0.39, 0.29) is 12.4 Å². The first kappa shape index (κ1) is 10.9. The highest BCUT2D eigenvalue weighted by molar-refractivity contribution is 5.85. The minimum Gasteiger partial charge on any atom is -0.211 e. The minimum atomic E-state index is 0. The number of hydrogen-bond donors (Lipinski definition) is 0.